The molecule has 1 N–H and O–H groups in total. The third-order valence-electron chi connectivity index (χ3n) is 3.48. The topological polar surface area (TPSA) is 55.1 Å². The van der Waals surface area contributed by atoms with E-state index < -0.39 is 0 Å². The number of aryl methyl sites for hydroxylation is 2. The summed E-state index contributed by atoms with van der Waals surface area (Å²) in [7, 11) is 0. The van der Waals surface area contributed by atoms with Gasteiger partial charge in [-0.05, 0) is 32.9 Å². The molecule has 5 nitrogen and oxygen atoms in total. The van der Waals surface area contributed by atoms with Crippen LogP contribution in [-0.2, 0) is 0 Å². The summed E-state index contributed by atoms with van der Waals surface area (Å²) in [4.78, 5) is 8.53. The highest BCUT2D eigenvalue weighted by atomic mass is 35.5. The van der Waals surface area contributed by atoms with E-state index in [4.69, 9.17) is 11.6 Å². The molecule has 0 fully saturated rings. The first-order valence-corrected chi connectivity index (χ1v) is 7.13. The van der Waals surface area contributed by atoms with E-state index in [1.54, 1.807) is 6.20 Å². The van der Waals surface area contributed by atoms with Crippen LogP contribution in [0.15, 0.2) is 30.6 Å². The minimum Gasteiger partial charge on any atom is -0.376 e. The molecule has 3 aromatic rings. The normalized spacial score (nSPS) is 12.6. The number of fused-ring (bicyclic) bond motifs is 1. The molecule has 6 heteroatoms. The van der Waals surface area contributed by atoms with E-state index >= 15 is 0 Å². The van der Waals surface area contributed by atoms with Gasteiger partial charge in [-0.25, -0.2) is 14.5 Å². The van der Waals surface area contributed by atoms with Crippen molar-refractivity contribution in [2.45, 2.75) is 26.8 Å². The zero-order chi connectivity index (χ0) is 15.0. The Bertz CT molecular complexity index is 796. The maximum atomic E-state index is 6.09. The maximum absolute atomic E-state index is 6.09. The van der Waals surface area contributed by atoms with E-state index in [0.717, 1.165) is 28.3 Å². The van der Waals surface area contributed by atoms with Crippen LogP contribution >= 0.6 is 11.6 Å². The number of pyridine rings is 1. The second kappa shape index (κ2) is 5.33. The van der Waals surface area contributed by atoms with Gasteiger partial charge in [-0.3, -0.25) is 0 Å². The Balaban J connectivity index is 1.96. The van der Waals surface area contributed by atoms with Gasteiger partial charge in [-0.2, -0.15) is 5.10 Å². The van der Waals surface area contributed by atoms with Crippen LogP contribution in [-0.4, -0.2) is 19.6 Å². The van der Waals surface area contributed by atoms with Gasteiger partial charge in [0.2, 0.25) is 0 Å². The molecule has 0 saturated heterocycles. The largest absolute Gasteiger partial charge is 0.376 e. The van der Waals surface area contributed by atoms with E-state index in [1.165, 1.54) is 0 Å². The quantitative estimate of drug-likeness (QED) is 0.751. The van der Waals surface area contributed by atoms with Crippen molar-refractivity contribution >= 4 is 22.9 Å². The molecule has 0 radical (unpaired) electrons. The first-order chi connectivity index (χ1) is 10.1. The molecule has 1 atom stereocenters. The summed E-state index contributed by atoms with van der Waals surface area (Å²) in [6.07, 6.45) is 3.55. The SMILES string of the molecule is Cc1cc2ncc(C(C)Nc3cccnc3Cl)c(C)n2n1. The van der Waals surface area contributed by atoms with Crippen molar-refractivity contribution in [3.8, 4) is 0 Å². The molecule has 21 heavy (non-hydrogen) atoms. The summed E-state index contributed by atoms with van der Waals surface area (Å²) in [5, 5.41) is 8.30. The molecule has 3 aromatic heterocycles. The highest BCUT2D eigenvalue weighted by molar-refractivity contribution is 6.31. The lowest BCUT2D eigenvalue weighted by molar-refractivity contribution is 0.797. The van der Waals surface area contributed by atoms with E-state index in [0.29, 0.717) is 5.15 Å². The molecule has 0 saturated carbocycles. The summed E-state index contributed by atoms with van der Waals surface area (Å²) >= 11 is 6.09. The van der Waals surface area contributed by atoms with Crippen molar-refractivity contribution < 1.29 is 0 Å². The molecule has 0 aromatic carbocycles. The van der Waals surface area contributed by atoms with Crippen LogP contribution in [0.1, 0.15) is 29.9 Å². The van der Waals surface area contributed by atoms with Crippen LogP contribution in [0.5, 0.6) is 0 Å². The third kappa shape index (κ3) is 2.56. The number of aromatic nitrogens is 4. The van der Waals surface area contributed by atoms with Crippen molar-refractivity contribution in [1.29, 1.82) is 0 Å². The first kappa shape index (κ1) is 13.8. The van der Waals surface area contributed by atoms with Crippen LogP contribution in [0.25, 0.3) is 5.65 Å². The fourth-order valence-electron chi connectivity index (χ4n) is 2.41. The number of hydrogen-bond donors (Lipinski definition) is 1. The second-order valence-electron chi connectivity index (χ2n) is 5.06. The van der Waals surface area contributed by atoms with Crippen LogP contribution < -0.4 is 5.32 Å². The molecule has 0 bridgehead atoms. The van der Waals surface area contributed by atoms with Gasteiger partial charge < -0.3 is 5.32 Å². The lowest BCUT2D eigenvalue weighted by Crippen LogP contribution is -2.12. The molecular weight excluding hydrogens is 286 g/mol. The Labute approximate surface area is 128 Å². The molecule has 0 aliphatic carbocycles. The average Bonchev–Trinajstić information content (AvgIpc) is 2.83. The number of nitrogens with one attached hydrogen (secondary N) is 1. The number of anilines is 1. The van der Waals surface area contributed by atoms with Crippen molar-refractivity contribution in [3.63, 3.8) is 0 Å². The number of halogens is 1. The highest BCUT2D eigenvalue weighted by Crippen LogP contribution is 2.25. The Hall–Kier alpha value is -2.14. The van der Waals surface area contributed by atoms with E-state index in [1.807, 2.05) is 42.8 Å². The van der Waals surface area contributed by atoms with E-state index in [9.17, 15) is 0 Å². The maximum Gasteiger partial charge on any atom is 0.155 e. The first-order valence-electron chi connectivity index (χ1n) is 6.75. The fraction of sp³-hybridized carbons (Fsp3) is 0.267. The summed E-state index contributed by atoms with van der Waals surface area (Å²) in [6.45, 7) is 6.07. The Kier molecular flexibility index (Phi) is 3.51. The van der Waals surface area contributed by atoms with Gasteiger partial charge in [-0.1, -0.05) is 11.6 Å². The lowest BCUT2D eigenvalue weighted by atomic mass is 10.1. The summed E-state index contributed by atoms with van der Waals surface area (Å²) < 4.78 is 1.87. The molecular formula is C15H16ClN5. The van der Waals surface area contributed by atoms with Gasteiger partial charge >= 0.3 is 0 Å². The predicted molar refractivity (Wildman–Crippen MR) is 83.7 cm³/mol. The zero-order valence-electron chi connectivity index (χ0n) is 12.1. The zero-order valence-corrected chi connectivity index (χ0v) is 12.9. The van der Waals surface area contributed by atoms with Crippen LogP contribution in [0.3, 0.4) is 0 Å². The number of rotatable bonds is 3. The van der Waals surface area contributed by atoms with Gasteiger partial charge in [-0.15, -0.1) is 0 Å². The van der Waals surface area contributed by atoms with Crippen LogP contribution in [0.4, 0.5) is 5.69 Å². The monoisotopic (exact) mass is 301 g/mol. The lowest BCUT2D eigenvalue weighted by Gasteiger charge is -2.18. The predicted octanol–water partition coefficient (Wildman–Crippen LogP) is 3.57. The molecule has 1 unspecified atom stereocenters. The Morgan fingerprint density at radius 1 is 1.29 bits per heavy atom. The van der Waals surface area contributed by atoms with Crippen molar-refractivity contribution in [2.75, 3.05) is 5.32 Å². The summed E-state index contributed by atoms with van der Waals surface area (Å²) in [5.41, 5.74) is 4.76. The van der Waals surface area contributed by atoms with Crippen molar-refractivity contribution in [3.05, 3.63) is 52.7 Å². The summed E-state index contributed by atoms with van der Waals surface area (Å²) in [5.74, 6) is 0. The van der Waals surface area contributed by atoms with Crippen molar-refractivity contribution in [1.82, 2.24) is 19.6 Å². The highest BCUT2D eigenvalue weighted by Gasteiger charge is 2.14. The molecule has 0 amide bonds. The molecule has 3 rings (SSSR count). The Morgan fingerprint density at radius 3 is 2.86 bits per heavy atom. The molecule has 0 spiro atoms. The molecule has 0 aliphatic rings. The van der Waals surface area contributed by atoms with E-state index in [2.05, 4.69) is 27.3 Å². The number of hydrogen-bond acceptors (Lipinski definition) is 4. The van der Waals surface area contributed by atoms with Gasteiger partial charge in [0.15, 0.2) is 10.8 Å². The van der Waals surface area contributed by atoms with Gasteiger partial charge in [0.1, 0.15) is 0 Å². The van der Waals surface area contributed by atoms with E-state index in [-0.39, 0.29) is 6.04 Å². The minimum atomic E-state index is 0.0492. The second-order valence-corrected chi connectivity index (χ2v) is 5.42. The minimum absolute atomic E-state index is 0.0492. The van der Waals surface area contributed by atoms with Gasteiger partial charge in [0.05, 0.1) is 17.4 Å². The van der Waals surface area contributed by atoms with Crippen LogP contribution in [0, 0.1) is 13.8 Å². The smallest absolute Gasteiger partial charge is 0.155 e. The van der Waals surface area contributed by atoms with Crippen molar-refractivity contribution in [2.24, 2.45) is 0 Å². The standard InChI is InChI=1S/C15H16ClN5/c1-9-7-14-18-8-12(11(3)21(14)20-9)10(2)19-13-5-4-6-17-15(13)16/h4-8,10,19H,1-3H3. The third-order valence-corrected chi connectivity index (χ3v) is 3.78. The van der Waals surface area contributed by atoms with Gasteiger partial charge in [0, 0.05) is 29.7 Å². The summed E-state index contributed by atoms with van der Waals surface area (Å²) in [6, 6.07) is 5.78. The fourth-order valence-corrected chi connectivity index (χ4v) is 2.58. The molecule has 108 valence electrons. The molecule has 3 heterocycles. The average molecular weight is 302 g/mol. The number of nitrogens with zero attached hydrogens (tertiary/aromatic N) is 4. The Morgan fingerprint density at radius 2 is 2.10 bits per heavy atom. The molecule has 0 aliphatic heterocycles. The van der Waals surface area contributed by atoms with Crippen LogP contribution in [0.2, 0.25) is 5.15 Å². The van der Waals surface area contributed by atoms with Gasteiger partial charge in [0.25, 0.3) is 0 Å².